The summed E-state index contributed by atoms with van der Waals surface area (Å²) in [5, 5.41) is 3.82. The maximum Gasteiger partial charge on any atom is 0.250 e. The fourth-order valence-electron chi connectivity index (χ4n) is 1.20. The fraction of sp³-hybridized carbons (Fsp3) is 0.0909. The molecule has 0 radical (unpaired) electrons. The summed E-state index contributed by atoms with van der Waals surface area (Å²) in [6, 6.07) is 7.47. The van der Waals surface area contributed by atoms with Gasteiger partial charge < -0.3 is 9.26 Å². The van der Waals surface area contributed by atoms with Crippen molar-refractivity contribution < 1.29 is 9.26 Å². The molecule has 1 aromatic heterocycles. The molecule has 0 N–H and O–H groups in total. The van der Waals surface area contributed by atoms with E-state index in [1.807, 2.05) is 24.3 Å². The predicted octanol–water partition coefficient (Wildman–Crippen LogP) is 2.39. The van der Waals surface area contributed by atoms with Crippen molar-refractivity contribution in [1.82, 2.24) is 10.1 Å². The SMILES string of the molecule is C=Cc1nc(-c2cccc(OC)c2)no1. The van der Waals surface area contributed by atoms with Crippen molar-refractivity contribution in [3.8, 4) is 17.1 Å². The highest BCUT2D eigenvalue weighted by Crippen LogP contribution is 2.21. The van der Waals surface area contributed by atoms with Crippen LogP contribution in [0, 0.1) is 0 Å². The quantitative estimate of drug-likeness (QED) is 0.766. The Balaban J connectivity index is 2.39. The zero-order valence-electron chi connectivity index (χ0n) is 8.30. The van der Waals surface area contributed by atoms with Crippen LogP contribution in [0.4, 0.5) is 0 Å². The van der Waals surface area contributed by atoms with Crippen molar-refractivity contribution in [1.29, 1.82) is 0 Å². The number of methoxy groups -OCH3 is 1. The largest absolute Gasteiger partial charge is 0.497 e. The summed E-state index contributed by atoms with van der Waals surface area (Å²) in [5.74, 6) is 1.70. The Morgan fingerprint density at radius 1 is 1.47 bits per heavy atom. The third-order valence-electron chi connectivity index (χ3n) is 1.94. The second-order valence-electron chi connectivity index (χ2n) is 2.89. The van der Waals surface area contributed by atoms with E-state index >= 15 is 0 Å². The molecule has 1 aromatic carbocycles. The van der Waals surface area contributed by atoms with Crippen LogP contribution in [0.15, 0.2) is 35.4 Å². The normalized spacial score (nSPS) is 9.93. The first-order valence-electron chi connectivity index (χ1n) is 4.44. The average Bonchev–Trinajstić information content (AvgIpc) is 2.78. The average molecular weight is 202 g/mol. The van der Waals surface area contributed by atoms with E-state index < -0.39 is 0 Å². The van der Waals surface area contributed by atoms with Crippen LogP contribution in [0.5, 0.6) is 5.75 Å². The van der Waals surface area contributed by atoms with Gasteiger partial charge in [0.1, 0.15) is 5.75 Å². The fourth-order valence-corrected chi connectivity index (χ4v) is 1.20. The van der Waals surface area contributed by atoms with Gasteiger partial charge in [0.2, 0.25) is 11.7 Å². The Labute approximate surface area is 87.2 Å². The van der Waals surface area contributed by atoms with Crippen LogP contribution in [-0.4, -0.2) is 17.3 Å². The standard InChI is InChI=1S/C11H10N2O2/c1-3-10-12-11(13-15-10)8-5-4-6-9(7-8)14-2/h3-7H,1H2,2H3. The molecule has 0 aliphatic rings. The third kappa shape index (κ3) is 1.88. The summed E-state index contributed by atoms with van der Waals surface area (Å²) < 4.78 is 10.0. The third-order valence-corrected chi connectivity index (χ3v) is 1.94. The van der Waals surface area contributed by atoms with Gasteiger partial charge in [-0.3, -0.25) is 0 Å². The molecule has 0 fully saturated rings. The highest BCUT2D eigenvalue weighted by Gasteiger charge is 2.06. The molecule has 0 atom stereocenters. The van der Waals surface area contributed by atoms with Gasteiger partial charge in [-0.2, -0.15) is 4.98 Å². The van der Waals surface area contributed by atoms with Gasteiger partial charge in [-0.25, -0.2) is 0 Å². The van der Waals surface area contributed by atoms with Crippen LogP contribution in [0.1, 0.15) is 5.89 Å². The molecular formula is C11H10N2O2. The van der Waals surface area contributed by atoms with E-state index in [0.29, 0.717) is 11.7 Å². The van der Waals surface area contributed by atoms with Crippen molar-refractivity contribution in [3.05, 3.63) is 36.7 Å². The Morgan fingerprint density at radius 2 is 2.33 bits per heavy atom. The Morgan fingerprint density at radius 3 is 3.00 bits per heavy atom. The molecule has 0 bridgehead atoms. The lowest BCUT2D eigenvalue weighted by Gasteiger charge is -1.99. The van der Waals surface area contributed by atoms with Crippen LogP contribution in [-0.2, 0) is 0 Å². The van der Waals surface area contributed by atoms with Crippen molar-refractivity contribution in [3.63, 3.8) is 0 Å². The minimum absolute atomic E-state index is 0.410. The summed E-state index contributed by atoms with van der Waals surface area (Å²) in [4.78, 5) is 4.12. The van der Waals surface area contributed by atoms with Gasteiger partial charge in [-0.1, -0.05) is 23.9 Å². The van der Waals surface area contributed by atoms with Gasteiger partial charge in [-0.05, 0) is 18.2 Å². The molecule has 2 rings (SSSR count). The smallest absolute Gasteiger partial charge is 0.250 e. The van der Waals surface area contributed by atoms with Crippen LogP contribution >= 0.6 is 0 Å². The van der Waals surface area contributed by atoms with Crippen LogP contribution in [0.25, 0.3) is 17.5 Å². The van der Waals surface area contributed by atoms with Gasteiger partial charge in [0.15, 0.2) is 0 Å². The van der Waals surface area contributed by atoms with Crippen molar-refractivity contribution in [2.75, 3.05) is 7.11 Å². The molecule has 0 saturated carbocycles. The van der Waals surface area contributed by atoms with E-state index in [2.05, 4.69) is 16.7 Å². The lowest BCUT2D eigenvalue weighted by Crippen LogP contribution is -1.85. The van der Waals surface area contributed by atoms with Crippen LogP contribution in [0.2, 0.25) is 0 Å². The Bertz CT molecular complexity index is 477. The van der Waals surface area contributed by atoms with E-state index in [0.717, 1.165) is 11.3 Å². The molecule has 0 spiro atoms. The molecule has 15 heavy (non-hydrogen) atoms. The number of nitrogens with zero attached hydrogens (tertiary/aromatic N) is 2. The first-order chi connectivity index (χ1) is 7.33. The molecule has 1 heterocycles. The molecule has 4 nitrogen and oxygen atoms in total. The summed E-state index contributed by atoms with van der Waals surface area (Å²) in [5.41, 5.74) is 0.853. The minimum Gasteiger partial charge on any atom is -0.497 e. The number of hydrogen-bond donors (Lipinski definition) is 0. The summed E-state index contributed by atoms with van der Waals surface area (Å²) in [6.45, 7) is 3.55. The Hall–Kier alpha value is -2.10. The first kappa shape index (κ1) is 9.45. The topological polar surface area (TPSA) is 48.2 Å². The second kappa shape index (κ2) is 3.96. The molecule has 0 saturated heterocycles. The van der Waals surface area contributed by atoms with Gasteiger partial charge in [0.05, 0.1) is 7.11 Å². The van der Waals surface area contributed by atoms with Crippen molar-refractivity contribution in [2.45, 2.75) is 0 Å². The van der Waals surface area contributed by atoms with E-state index in [4.69, 9.17) is 9.26 Å². The van der Waals surface area contributed by atoms with E-state index in [9.17, 15) is 0 Å². The Kier molecular flexibility index (Phi) is 2.49. The van der Waals surface area contributed by atoms with E-state index in [1.165, 1.54) is 6.08 Å². The van der Waals surface area contributed by atoms with E-state index in [-0.39, 0.29) is 0 Å². The van der Waals surface area contributed by atoms with Crippen LogP contribution in [0.3, 0.4) is 0 Å². The molecule has 0 amide bonds. The summed E-state index contributed by atoms with van der Waals surface area (Å²) in [6.07, 6.45) is 1.51. The highest BCUT2D eigenvalue weighted by atomic mass is 16.5. The second-order valence-corrected chi connectivity index (χ2v) is 2.89. The molecule has 0 aliphatic heterocycles. The molecule has 0 aliphatic carbocycles. The zero-order chi connectivity index (χ0) is 10.7. The summed E-state index contributed by atoms with van der Waals surface area (Å²) >= 11 is 0. The molecule has 2 aromatic rings. The maximum atomic E-state index is 5.10. The van der Waals surface area contributed by atoms with Gasteiger partial charge in [0, 0.05) is 5.56 Å². The molecule has 0 unspecified atom stereocenters. The number of benzene rings is 1. The first-order valence-corrected chi connectivity index (χ1v) is 4.44. The number of rotatable bonds is 3. The molecule has 76 valence electrons. The van der Waals surface area contributed by atoms with Gasteiger partial charge >= 0.3 is 0 Å². The lowest BCUT2D eigenvalue weighted by molar-refractivity contribution is 0.410. The minimum atomic E-state index is 0.410. The van der Waals surface area contributed by atoms with Gasteiger partial charge in [0.25, 0.3) is 0 Å². The number of hydrogen-bond acceptors (Lipinski definition) is 4. The zero-order valence-corrected chi connectivity index (χ0v) is 8.30. The van der Waals surface area contributed by atoms with Gasteiger partial charge in [-0.15, -0.1) is 0 Å². The van der Waals surface area contributed by atoms with E-state index in [1.54, 1.807) is 7.11 Å². The number of aromatic nitrogens is 2. The van der Waals surface area contributed by atoms with Crippen LogP contribution < -0.4 is 4.74 Å². The lowest BCUT2D eigenvalue weighted by atomic mass is 10.2. The molecule has 4 heteroatoms. The monoisotopic (exact) mass is 202 g/mol. The van der Waals surface area contributed by atoms with Crippen molar-refractivity contribution in [2.24, 2.45) is 0 Å². The highest BCUT2D eigenvalue weighted by molar-refractivity contribution is 5.57. The molecular weight excluding hydrogens is 192 g/mol. The summed E-state index contributed by atoms with van der Waals surface area (Å²) in [7, 11) is 1.62. The maximum absolute atomic E-state index is 5.10. The number of ether oxygens (including phenoxy) is 1. The predicted molar refractivity (Wildman–Crippen MR) is 56.4 cm³/mol. The van der Waals surface area contributed by atoms with Crippen molar-refractivity contribution >= 4 is 6.08 Å².